The highest BCUT2D eigenvalue weighted by Gasteiger charge is 2.20. The second kappa shape index (κ2) is 4.14. The molecule has 4 nitrogen and oxygen atoms in total. The molecule has 82 valence electrons. The van der Waals surface area contributed by atoms with Crippen LogP contribution in [0.4, 0.5) is 0 Å². The SMILES string of the molecule is CCOc1nc(C(C)C)nc2c1CNC2. The topological polar surface area (TPSA) is 47.0 Å². The molecule has 1 aromatic heterocycles. The van der Waals surface area contributed by atoms with Crippen LogP contribution in [0.5, 0.6) is 5.88 Å². The second-order valence-electron chi connectivity index (χ2n) is 4.00. The van der Waals surface area contributed by atoms with Crippen molar-refractivity contribution in [1.29, 1.82) is 0 Å². The minimum absolute atomic E-state index is 0.343. The summed E-state index contributed by atoms with van der Waals surface area (Å²) < 4.78 is 5.55. The maximum atomic E-state index is 5.55. The summed E-state index contributed by atoms with van der Waals surface area (Å²) in [6.45, 7) is 8.48. The molecule has 1 N–H and O–H groups in total. The van der Waals surface area contributed by atoms with Crippen LogP contribution >= 0.6 is 0 Å². The van der Waals surface area contributed by atoms with Gasteiger partial charge in [0.25, 0.3) is 0 Å². The molecule has 0 saturated carbocycles. The van der Waals surface area contributed by atoms with Crippen LogP contribution in [-0.4, -0.2) is 16.6 Å². The number of nitrogens with zero attached hydrogens (tertiary/aromatic N) is 2. The molecule has 1 aliphatic rings. The van der Waals surface area contributed by atoms with E-state index < -0.39 is 0 Å². The van der Waals surface area contributed by atoms with E-state index in [1.165, 1.54) is 0 Å². The van der Waals surface area contributed by atoms with E-state index in [0.717, 1.165) is 36.1 Å². The molecule has 0 bridgehead atoms. The monoisotopic (exact) mass is 207 g/mol. The maximum Gasteiger partial charge on any atom is 0.221 e. The number of aromatic nitrogens is 2. The zero-order valence-corrected chi connectivity index (χ0v) is 9.50. The molecule has 2 rings (SSSR count). The van der Waals surface area contributed by atoms with Crippen LogP contribution in [0.3, 0.4) is 0 Å². The third-order valence-electron chi connectivity index (χ3n) is 2.46. The molecule has 0 radical (unpaired) electrons. The van der Waals surface area contributed by atoms with Crippen molar-refractivity contribution in [2.24, 2.45) is 0 Å². The van der Waals surface area contributed by atoms with Crippen LogP contribution < -0.4 is 10.1 Å². The number of hydrogen-bond donors (Lipinski definition) is 1. The Kier molecular flexibility index (Phi) is 2.86. The normalized spacial score (nSPS) is 14.4. The van der Waals surface area contributed by atoms with Gasteiger partial charge in [0.2, 0.25) is 5.88 Å². The van der Waals surface area contributed by atoms with Crippen molar-refractivity contribution in [1.82, 2.24) is 15.3 Å². The van der Waals surface area contributed by atoms with Gasteiger partial charge < -0.3 is 10.1 Å². The second-order valence-corrected chi connectivity index (χ2v) is 4.00. The van der Waals surface area contributed by atoms with Crippen LogP contribution in [-0.2, 0) is 13.1 Å². The molecule has 0 spiro atoms. The van der Waals surface area contributed by atoms with Crippen LogP contribution in [0.15, 0.2) is 0 Å². The highest BCUT2D eigenvalue weighted by atomic mass is 16.5. The van der Waals surface area contributed by atoms with E-state index in [1.54, 1.807) is 0 Å². The van der Waals surface area contributed by atoms with Gasteiger partial charge in [0.15, 0.2) is 0 Å². The summed E-state index contributed by atoms with van der Waals surface area (Å²) in [6, 6.07) is 0. The van der Waals surface area contributed by atoms with Gasteiger partial charge in [-0.1, -0.05) is 13.8 Å². The Hall–Kier alpha value is -1.16. The first-order chi connectivity index (χ1) is 7.22. The fourth-order valence-electron chi connectivity index (χ4n) is 1.67. The Morgan fingerprint density at radius 1 is 1.33 bits per heavy atom. The number of fused-ring (bicyclic) bond motifs is 1. The zero-order valence-electron chi connectivity index (χ0n) is 9.50. The standard InChI is InChI=1S/C11H17N3O/c1-4-15-11-8-5-12-6-9(8)13-10(14-11)7(2)3/h7,12H,4-6H2,1-3H3. The largest absolute Gasteiger partial charge is 0.478 e. The van der Waals surface area contributed by atoms with Gasteiger partial charge >= 0.3 is 0 Å². The molecular weight excluding hydrogens is 190 g/mol. The van der Waals surface area contributed by atoms with Crippen LogP contribution in [0.1, 0.15) is 43.8 Å². The lowest BCUT2D eigenvalue weighted by Crippen LogP contribution is -2.06. The van der Waals surface area contributed by atoms with Crippen LogP contribution in [0, 0.1) is 0 Å². The molecule has 15 heavy (non-hydrogen) atoms. The van der Waals surface area contributed by atoms with Crippen molar-refractivity contribution in [2.45, 2.75) is 39.8 Å². The number of hydrogen-bond acceptors (Lipinski definition) is 4. The minimum atomic E-state index is 0.343. The van der Waals surface area contributed by atoms with Crippen molar-refractivity contribution >= 4 is 0 Å². The molecule has 0 amide bonds. The van der Waals surface area contributed by atoms with Crippen molar-refractivity contribution < 1.29 is 4.74 Å². The molecule has 0 atom stereocenters. The quantitative estimate of drug-likeness (QED) is 0.817. The third kappa shape index (κ3) is 1.95. The summed E-state index contributed by atoms with van der Waals surface area (Å²) in [4.78, 5) is 9.00. The van der Waals surface area contributed by atoms with E-state index >= 15 is 0 Å². The van der Waals surface area contributed by atoms with E-state index in [9.17, 15) is 0 Å². The van der Waals surface area contributed by atoms with Crippen molar-refractivity contribution in [3.05, 3.63) is 17.1 Å². The lowest BCUT2D eigenvalue weighted by Gasteiger charge is -2.11. The zero-order chi connectivity index (χ0) is 10.8. The van der Waals surface area contributed by atoms with Crippen molar-refractivity contribution in [3.63, 3.8) is 0 Å². The van der Waals surface area contributed by atoms with Gasteiger partial charge in [-0.15, -0.1) is 0 Å². The molecule has 0 aliphatic carbocycles. The van der Waals surface area contributed by atoms with Crippen LogP contribution in [0.2, 0.25) is 0 Å². The first-order valence-electron chi connectivity index (χ1n) is 5.45. The average molecular weight is 207 g/mol. The maximum absolute atomic E-state index is 5.55. The molecule has 0 saturated heterocycles. The number of rotatable bonds is 3. The molecular formula is C11H17N3O. The van der Waals surface area contributed by atoms with Gasteiger partial charge in [-0.25, -0.2) is 4.98 Å². The molecule has 2 heterocycles. The van der Waals surface area contributed by atoms with Gasteiger partial charge in [-0.05, 0) is 6.92 Å². The Balaban J connectivity index is 2.43. The number of nitrogens with one attached hydrogen (secondary N) is 1. The van der Waals surface area contributed by atoms with E-state index in [2.05, 4.69) is 29.1 Å². The minimum Gasteiger partial charge on any atom is -0.478 e. The summed E-state index contributed by atoms with van der Waals surface area (Å²) in [5.74, 6) is 1.98. The Morgan fingerprint density at radius 2 is 2.13 bits per heavy atom. The summed E-state index contributed by atoms with van der Waals surface area (Å²) in [6.07, 6.45) is 0. The smallest absolute Gasteiger partial charge is 0.221 e. The van der Waals surface area contributed by atoms with E-state index in [-0.39, 0.29) is 0 Å². The molecule has 1 aliphatic heterocycles. The summed E-state index contributed by atoms with van der Waals surface area (Å²) in [7, 11) is 0. The summed E-state index contributed by atoms with van der Waals surface area (Å²) in [5.41, 5.74) is 2.22. The van der Waals surface area contributed by atoms with E-state index in [0.29, 0.717) is 12.5 Å². The van der Waals surface area contributed by atoms with Gasteiger partial charge in [-0.2, -0.15) is 4.98 Å². The molecule has 0 aromatic carbocycles. The predicted molar refractivity (Wildman–Crippen MR) is 57.8 cm³/mol. The molecule has 1 aromatic rings. The van der Waals surface area contributed by atoms with Crippen molar-refractivity contribution in [2.75, 3.05) is 6.61 Å². The Labute approximate surface area is 90.1 Å². The molecule has 4 heteroatoms. The highest BCUT2D eigenvalue weighted by Crippen LogP contribution is 2.25. The predicted octanol–water partition coefficient (Wildman–Crippen LogP) is 1.60. The highest BCUT2D eigenvalue weighted by molar-refractivity contribution is 5.34. The van der Waals surface area contributed by atoms with E-state index in [1.807, 2.05) is 6.92 Å². The number of ether oxygens (including phenoxy) is 1. The lowest BCUT2D eigenvalue weighted by atomic mass is 10.2. The lowest BCUT2D eigenvalue weighted by molar-refractivity contribution is 0.320. The fourth-order valence-corrected chi connectivity index (χ4v) is 1.67. The van der Waals surface area contributed by atoms with Gasteiger partial charge in [0, 0.05) is 19.0 Å². The van der Waals surface area contributed by atoms with Gasteiger partial charge in [0.1, 0.15) is 5.82 Å². The Morgan fingerprint density at radius 3 is 2.80 bits per heavy atom. The third-order valence-corrected chi connectivity index (χ3v) is 2.46. The molecule has 0 unspecified atom stereocenters. The average Bonchev–Trinajstić information content (AvgIpc) is 2.65. The summed E-state index contributed by atoms with van der Waals surface area (Å²) in [5, 5.41) is 3.27. The van der Waals surface area contributed by atoms with Crippen LogP contribution in [0.25, 0.3) is 0 Å². The molecule has 0 fully saturated rings. The van der Waals surface area contributed by atoms with Crippen molar-refractivity contribution in [3.8, 4) is 5.88 Å². The first-order valence-corrected chi connectivity index (χ1v) is 5.45. The first kappa shape index (κ1) is 10.4. The Bertz CT molecular complexity index is 363. The fraction of sp³-hybridized carbons (Fsp3) is 0.636. The van der Waals surface area contributed by atoms with Gasteiger partial charge in [-0.3, -0.25) is 0 Å². The summed E-state index contributed by atoms with van der Waals surface area (Å²) >= 11 is 0. The van der Waals surface area contributed by atoms with E-state index in [4.69, 9.17) is 4.74 Å². The van der Waals surface area contributed by atoms with Gasteiger partial charge in [0.05, 0.1) is 17.9 Å².